The summed E-state index contributed by atoms with van der Waals surface area (Å²) < 4.78 is 0. The van der Waals surface area contributed by atoms with Crippen LogP contribution in [0.4, 0.5) is 0 Å². The van der Waals surface area contributed by atoms with Gasteiger partial charge in [-0.2, -0.15) is 0 Å². The Labute approximate surface area is 403 Å². The number of rotatable bonds is 8. The van der Waals surface area contributed by atoms with Gasteiger partial charge in [-0.15, -0.1) is 0 Å². The summed E-state index contributed by atoms with van der Waals surface area (Å²) in [7, 11) is 0. The highest BCUT2D eigenvalue weighted by atomic mass is 15.4. The third kappa shape index (κ3) is 7.12. The van der Waals surface area contributed by atoms with E-state index in [4.69, 9.17) is 0 Å². The maximum atomic E-state index is 3.99. The van der Waals surface area contributed by atoms with E-state index in [1.54, 1.807) is 0 Å². The zero-order chi connectivity index (χ0) is 45.7. The number of allylic oxidation sites excluding steroid dienone is 2. The molecule has 1 fully saturated rings. The normalized spacial score (nSPS) is 19.5. The first kappa shape index (κ1) is 41.1. The van der Waals surface area contributed by atoms with Crippen molar-refractivity contribution in [3.05, 3.63) is 310 Å². The second-order valence-corrected chi connectivity index (χ2v) is 18.6. The largest absolute Gasteiger partial charge is 0.374 e. The van der Waals surface area contributed by atoms with E-state index >= 15 is 0 Å². The van der Waals surface area contributed by atoms with Gasteiger partial charge in [-0.1, -0.05) is 231 Å². The van der Waals surface area contributed by atoms with Crippen molar-refractivity contribution in [2.45, 2.75) is 30.0 Å². The van der Waals surface area contributed by atoms with Gasteiger partial charge in [0.2, 0.25) is 0 Å². The van der Waals surface area contributed by atoms with E-state index in [1.165, 1.54) is 71.6 Å². The first-order chi connectivity index (χ1) is 34.2. The number of fused-ring (bicyclic) bond motifs is 5. The van der Waals surface area contributed by atoms with Crippen LogP contribution in [-0.4, -0.2) is 6.04 Å². The van der Waals surface area contributed by atoms with Crippen LogP contribution in [0.15, 0.2) is 255 Å². The van der Waals surface area contributed by atoms with Crippen LogP contribution >= 0.6 is 0 Å². The zero-order valence-electron chi connectivity index (χ0n) is 38.1. The molecule has 4 heteroatoms. The molecule has 0 amide bonds. The van der Waals surface area contributed by atoms with E-state index < -0.39 is 5.41 Å². The minimum absolute atomic E-state index is 0.0972. The Morgan fingerprint density at radius 2 is 0.855 bits per heavy atom. The summed E-state index contributed by atoms with van der Waals surface area (Å²) in [6.07, 6.45) is 8.38. The molecule has 330 valence electrons. The fourth-order valence-corrected chi connectivity index (χ4v) is 11.5. The molecule has 69 heavy (non-hydrogen) atoms. The molecule has 4 aliphatic rings. The topological polar surface area (TPSA) is 48.1 Å². The van der Waals surface area contributed by atoms with Gasteiger partial charge >= 0.3 is 0 Å². The van der Waals surface area contributed by atoms with Gasteiger partial charge in [-0.05, 0) is 113 Å². The van der Waals surface area contributed by atoms with E-state index in [1.807, 2.05) is 0 Å². The van der Waals surface area contributed by atoms with Gasteiger partial charge in [-0.3, -0.25) is 16.0 Å². The van der Waals surface area contributed by atoms with Crippen molar-refractivity contribution in [2.75, 3.05) is 0 Å². The first-order valence-corrected chi connectivity index (χ1v) is 24.1. The summed E-state index contributed by atoms with van der Waals surface area (Å²) in [4.78, 5) is 0. The van der Waals surface area contributed by atoms with Crippen molar-refractivity contribution >= 4 is 11.3 Å². The molecule has 3 atom stereocenters. The smallest absolute Gasteiger partial charge is 0.0865 e. The van der Waals surface area contributed by atoms with Gasteiger partial charge in [0.25, 0.3) is 0 Å². The Morgan fingerprint density at radius 3 is 1.51 bits per heavy atom. The van der Waals surface area contributed by atoms with E-state index in [2.05, 4.69) is 276 Å². The van der Waals surface area contributed by atoms with Crippen LogP contribution < -0.4 is 31.7 Å². The molecule has 0 bridgehead atoms. The molecule has 2 aliphatic heterocycles. The molecule has 4 N–H and O–H groups in total. The fourth-order valence-electron chi connectivity index (χ4n) is 11.5. The Balaban J connectivity index is 0.983. The number of nitrogens with one attached hydrogen (secondary N) is 4. The minimum atomic E-state index is -0.504. The highest BCUT2D eigenvalue weighted by Gasteiger charge is 2.46. The van der Waals surface area contributed by atoms with Gasteiger partial charge in [0, 0.05) is 5.22 Å². The minimum Gasteiger partial charge on any atom is -0.374 e. The Morgan fingerprint density at radius 1 is 0.348 bits per heavy atom. The summed E-state index contributed by atoms with van der Waals surface area (Å²) in [5.74, 6) is 0. The SMILES string of the molecule is C1=CC2=c3ccccc3=C(c3ccc(-c4cc(-c5ccc6c(c5)C(c5ccccc5)(c5ccccc5)c5ccccc5-6)cc(C5NC(c6ccccc6)NC(c6ccccc6)N5)c4)cc3)NC2C=C1. The molecule has 9 aromatic carbocycles. The molecule has 2 aliphatic carbocycles. The summed E-state index contributed by atoms with van der Waals surface area (Å²) >= 11 is 0. The first-order valence-electron chi connectivity index (χ1n) is 24.1. The molecule has 1 saturated heterocycles. The van der Waals surface area contributed by atoms with Crippen LogP contribution in [0.5, 0.6) is 0 Å². The molecule has 0 radical (unpaired) electrons. The quantitative estimate of drug-likeness (QED) is 0.123. The van der Waals surface area contributed by atoms with Crippen LogP contribution in [0.3, 0.4) is 0 Å². The standard InChI is InChI=1S/C65H50N4/c1-5-19-45(20-6-1)62-67-63(46-21-7-2-8-22-46)69-64(68-62)50-40-48(43-33-35-44(36-34-43)61-57-30-14-13-27-53(57)56-29-16-18-32-60(56)66-61)39-49(41-50)47-37-38-55-54-28-15-17-31-58(54)65(59(55)42-47,51-23-9-3-10-24-51)52-25-11-4-12-26-52/h1-42,60,62-64,66-69H. The molecule has 0 saturated carbocycles. The number of hydrogen-bond donors (Lipinski definition) is 4. The van der Waals surface area contributed by atoms with Gasteiger partial charge < -0.3 is 5.32 Å². The summed E-state index contributed by atoms with van der Waals surface area (Å²) in [6.45, 7) is 0. The molecule has 4 nitrogen and oxygen atoms in total. The van der Waals surface area contributed by atoms with Crippen LogP contribution in [0.1, 0.15) is 63.0 Å². The van der Waals surface area contributed by atoms with Gasteiger partial charge in [0.05, 0.1) is 35.7 Å². The van der Waals surface area contributed by atoms with Crippen molar-refractivity contribution < 1.29 is 0 Å². The highest BCUT2D eigenvalue weighted by Crippen LogP contribution is 2.56. The van der Waals surface area contributed by atoms with Crippen molar-refractivity contribution in [1.29, 1.82) is 0 Å². The Bertz CT molecular complexity index is 3480. The molecule has 9 aromatic rings. The lowest BCUT2D eigenvalue weighted by molar-refractivity contribution is 0.203. The molecule has 0 spiro atoms. The molecular formula is C65H50N4. The summed E-state index contributed by atoms with van der Waals surface area (Å²) in [5.41, 5.74) is 19.0. The maximum absolute atomic E-state index is 3.99. The van der Waals surface area contributed by atoms with Crippen LogP contribution in [-0.2, 0) is 5.41 Å². The lowest BCUT2D eigenvalue weighted by Gasteiger charge is -2.40. The second-order valence-electron chi connectivity index (χ2n) is 18.6. The predicted octanol–water partition coefficient (Wildman–Crippen LogP) is 12.0. The average molecular weight is 887 g/mol. The lowest BCUT2D eigenvalue weighted by Crippen LogP contribution is -2.54. The van der Waals surface area contributed by atoms with Crippen LogP contribution in [0, 0.1) is 0 Å². The summed E-state index contributed by atoms with van der Waals surface area (Å²) in [5, 5.41) is 18.2. The number of benzene rings is 9. The average Bonchev–Trinajstić information content (AvgIpc) is 3.74. The van der Waals surface area contributed by atoms with Gasteiger partial charge in [-0.25, -0.2) is 0 Å². The molecule has 2 heterocycles. The van der Waals surface area contributed by atoms with E-state index in [9.17, 15) is 0 Å². The maximum Gasteiger partial charge on any atom is 0.0865 e. The number of hydrogen-bond acceptors (Lipinski definition) is 4. The van der Waals surface area contributed by atoms with Crippen molar-refractivity contribution in [3.8, 4) is 33.4 Å². The summed E-state index contributed by atoms with van der Waals surface area (Å²) in [6, 6.07) is 85.0. The van der Waals surface area contributed by atoms with Crippen molar-refractivity contribution in [2.24, 2.45) is 0 Å². The third-order valence-electron chi connectivity index (χ3n) is 14.7. The van der Waals surface area contributed by atoms with Crippen LogP contribution in [0.25, 0.3) is 44.7 Å². The van der Waals surface area contributed by atoms with Crippen molar-refractivity contribution in [1.82, 2.24) is 21.3 Å². The lowest BCUT2D eigenvalue weighted by atomic mass is 9.67. The molecular weight excluding hydrogens is 837 g/mol. The third-order valence-corrected chi connectivity index (χ3v) is 14.7. The van der Waals surface area contributed by atoms with Gasteiger partial charge in [0.15, 0.2) is 0 Å². The monoisotopic (exact) mass is 886 g/mol. The van der Waals surface area contributed by atoms with Gasteiger partial charge in [0.1, 0.15) is 0 Å². The van der Waals surface area contributed by atoms with E-state index in [0.717, 1.165) is 28.0 Å². The highest BCUT2D eigenvalue weighted by molar-refractivity contribution is 5.89. The Hall–Kier alpha value is -8.12. The Kier molecular flexibility index (Phi) is 10.2. The molecule has 3 unspecified atom stereocenters. The molecule has 0 aromatic heterocycles. The van der Waals surface area contributed by atoms with E-state index in [-0.39, 0.29) is 24.5 Å². The molecule has 13 rings (SSSR count). The fraction of sp³-hybridized carbons (Fsp3) is 0.0769. The second kappa shape index (κ2) is 17.2. The van der Waals surface area contributed by atoms with Crippen LogP contribution in [0.2, 0.25) is 0 Å². The van der Waals surface area contributed by atoms with E-state index in [0.29, 0.717) is 0 Å². The zero-order valence-corrected chi connectivity index (χ0v) is 38.1. The predicted molar refractivity (Wildman–Crippen MR) is 282 cm³/mol. The van der Waals surface area contributed by atoms with Crippen molar-refractivity contribution in [3.63, 3.8) is 0 Å².